The molecule has 1 aromatic rings. The van der Waals surface area contributed by atoms with Crippen LogP contribution >= 0.6 is 11.8 Å². The van der Waals surface area contributed by atoms with E-state index in [1.807, 2.05) is 0 Å². The number of nitrogens with zero attached hydrogens (tertiary/aromatic N) is 3. The fourth-order valence-corrected chi connectivity index (χ4v) is 4.37. The number of amides is 2. The lowest BCUT2D eigenvalue weighted by atomic mass is 10.0. The van der Waals surface area contributed by atoms with Gasteiger partial charge in [0.2, 0.25) is 0 Å². The van der Waals surface area contributed by atoms with Crippen molar-refractivity contribution in [2.24, 2.45) is 7.05 Å². The normalized spacial score (nSPS) is 21.1. The second-order valence-corrected chi connectivity index (χ2v) is 7.54. The van der Waals surface area contributed by atoms with Gasteiger partial charge in [0.1, 0.15) is 29.4 Å². The highest BCUT2D eigenvalue weighted by Gasteiger charge is 2.54. The molecule has 2 atom stereocenters. The van der Waals surface area contributed by atoms with E-state index in [2.05, 4.69) is 10.4 Å². The van der Waals surface area contributed by atoms with E-state index in [1.54, 1.807) is 0 Å². The molecule has 2 N–H and O–H groups in total. The number of carbonyl (C=O) groups is 4. The van der Waals surface area contributed by atoms with Gasteiger partial charge in [0.25, 0.3) is 11.8 Å². The molecule has 0 spiro atoms. The lowest BCUT2D eigenvalue weighted by Crippen LogP contribution is -2.70. The number of rotatable bonds is 5. The first-order chi connectivity index (χ1) is 13.9. The Morgan fingerprint density at radius 2 is 2.07 bits per heavy atom. The van der Waals surface area contributed by atoms with Gasteiger partial charge in [-0.2, -0.15) is 18.3 Å². The number of hydrogen-bond acceptors (Lipinski definition) is 7. The van der Waals surface area contributed by atoms with Crippen molar-refractivity contribution in [3.05, 3.63) is 28.7 Å². The number of alkyl halides is 3. The molecule has 1 fully saturated rings. The van der Waals surface area contributed by atoms with E-state index in [9.17, 15) is 37.5 Å². The number of ether oxygens (including phenoxy) is 1. The Labute approximate surface area is 171 Å². The Morgan fingerprint density at radius 3 is 2.60 bits per heavy atom. The second-order valence-electron chi connectivity index (χ2n) is 6.43. The minimum Gasteiger partial charge on any atom is -0.477 e. The maximum Gasteiger partial charge on any atom is 0.433 e. The molecule has 14 heteroatoms. The molecule has 3 heterocycles. The zero-order valence-electron chi connectivity index (χ0n) is 15.5. The molecular weight excluding hydrogens is 433 g/mol. The number of esters is 1. The van der Waals surface area contributed by atoms with Gasteiger partial charge in [0.15, 0.2) is 5.69 Å². The second kappa shape index (κ2) is 7.66. The molecule has 3 rings (SSSR count). The zero-order valence-corrected chi connectivity index (χ0v) is 16.3. The number of aryl methyl sites for hydroxylation is 1. The zero-order chi connectivity index (χ0) is 22.4. The van der Waals surface area contributed by atoms with Gasteiger partial charge in [-0.15, -0.1) is 11.8 Å². The number of halogens is 3. The summed E-state index contributed by atoms with van der Waals surface area (Å²) >= 11 is 1.13. The molecule has 0 unspecified atom stereocenters. The number of hydrogen-bond donors (Lipinski definition) is 2. The molecule has 0 aromatic carbocycles. The molecule has 162 valence electrons. The monoisotopic (exact) mass is 448 g/mol. The summed E-state index contributed by atoms with van der Waals surface area (Å²) in [5.41, 5.74) is -1.78. The van der Waals surface area contributed by atoms with Gasteiger partial charge in [0, 0.05) is 31.4 Å². The fourth-order valence-electron chi connectivity index (χ4n) is 3.04. The lowest BCUT2D eigenvalue weighted by molar-refractivity contribution is -0.149. The minimum atomic E-state index is -4.71. The van der Waals surface area contributed by atoms with E-state index in [0.717, 1.165) is 30.6 Å². The topological polar surface area (TPSA) is 131 Å². The third-order valence-electron chi connectivity index (χ3n) is 4.39. The summed E-state index contributed by atoms with van der Waals surface area (Å²) in [6.07, 6.45) is -4.71. The smallest absolute Gasteiger partial charge is 0.433 e. The van der Waals surface area contributed by atoms with E-state index in [4.69, 9.17) is 4.74 Å². The van der Waals surface area contributed by atoms with Gasteiger partial charge < -0.3 is 15.2 Å². The Hall–Kier alpha value is -3.03. The van der Waals surface area contributed by atoms with E-state index in [-0.39, 0.29) is 23.6 Å². The van der Waals surface area contributed by atoms with Crippen LogP contribution in [-0.2, 0) is 32.3 Å². The summed E-state index contributed by atoms with van der Waals surface area (Å²) in [7, 11) is 1.03. The van der Waals surface area contributed by atoms with Crippen LogP contribution in [0.2, 0.25) is 0 Å². The van der Waals surface area contributed by atoms with Crippen molar-refractivity contribution in [3.63, 3.8) is 0 Å². The number of β-lactam (4-membered cyclic amide) rings is 1. The first-order valence-corrected chi connectivity index (χ1v) is 9.42. The van der Waals surface area contributed by atoms with E-state index >= 15 is 0 Å². The molecule has 2 amide bonds. The van der Waals surface area contributed by atoms with E-state index < -0.39 is 52.7 Å². The van der Waals surface area contributed by atoms with Crippen molar-refractivity contribution in [2.75, 3.05) is 12.4 Å². The lowest BCUT2D eigenvalue weighted by Gasteiger charge is -2.49. The largest absolute Gasteiger partial charge is 0.477 e. The van der Waals surface area contributed by atoms with Crippen LogP contribution in [0.15, 0.2) is 17.3 Å². The standard InChI is InChI=1S/C16H15F3N4O6S/c1-6(24)29-4-7-5-30-14-10(13(26)23(14)11(7)15(27)28)20-12(25)8-3-9(16(17,18)19)22(2)21-8/h3,10,14H,4-5H2,1-2H3,(H,20,25)(H,27,28)/t10-,14+/m0/s1. The predicted molar refractivity (Wildman–Crippen MR) is 93.9 cm³/mol. The Bertz CT molecular complexity index is 973. The van der Waals surface area contributed by atoms with Crippen LogP contribution in [-0.4, -0.2) is 67.3 Å². The van der Waals surface area contributed by atoms with Crippen LogP contribution < -0.4 is 5.32 Å². The van der Waals surface area contributed by atoms with Crippen molar-refractivity contribution in [2.45, 2.75) is 24.5 Å². The van der Waals surface area contributed by atoms with Crippen LogP contribution in [0.5, 0.6) is 0 Å². The highest BCUT2D eigenvalue weighted by molar-refractivity contribution is 8.00. The van der Waals surface area contributed by atoms with Gasteiger partial charge in [-0.1, -0.05) is 0 Å². The quantitative estimate of drug-likeness (QED) is 0.488. The molecule has 30 heavy (non-hydrogen) atoms. The minimum absolute atomic E-state index is 0.123. The summed E-state index contributed by atoms with van der Waals surface area (Å²) in [6, 6.07) is -0.576. The highest BCUT2D eigenvalue weighted by Crippen LogP contribution is 2.40. The maximum atomic E-state index is 12.9. The van der Waals surface area contributed by atoms with E-state index in [0.29, 0.717) is 10.7 Å². The van der Waals surface area contributed by atoms with Crippen LogP contribution in [0.1, 0.15) is 23.1 Å². The molecule has 0 aliphatic carbocycles. The first-order valence-electron chi connectivity index (χ1n) is 8.37. The van der Waals surface area contributed by atoms with Crippen molar-refractivity contribution >= 4 is 35.5 Å². The molecule has 10 nitrogen and oxygen atoms in total. The number of nitrogens with one attached hydrogen (secondary N) is 1. The number of thioether (sulfide) groups is 1. The Kier molecular flexibility index (Phi) is 5.54. The summed E-state index contributed by atoms with van der Waals surface area (Å²) in [5.74, 6) is -3.64. The molecular formula is C16H15F3N4O6S. The molecule has 2 aliphatic rings. The summed E-state index contributed by atoms with van der Waals surface area (Å²) in [6.45, 7) is 0.855. The number of aliphatic carboxylic acids is 1. The molecule has 0 bridgehead atoms. The van der Waals surface area contributed by atoms with Gasteiger partial charge >= 0.3 is 18.1 Å². The van der Waals surface area contributed by atoms with Crippen LogP contribution in [0.3, 0.4) is 0 Å². The summed E-state index contributed by atoms with van der Waals surface area (Å²) < 4.78 is 43.9. The summed E-state index contributed by atoms with van der Waals surface area (Å²) in [4.78, 5) is 48.3. The number of fused-ring (bicyclic) bond motifs is 1. The van der Waals surface area contributed by atoms with Crippen molar-refractivity contribution in [1.29, 1.82) is 0 Å². The van der Waals surface area contributed by atoms with Gasteiger partial charge in [0.05, 0.1) is 0 Å². The summed E-state index contributed by atoms with van der Waals surface area (Å²) in [5, 5.41) is 14.5. The van der Waals surface area contributed by atoms with Gasteiger partial charge in [-0.05, 0) is 0 Å². The number of carbonyl (C=O) groups excluding carboxylic acids is 3. The average Bonchev–Trinajstić information content (AvgIpc) is 3.05. The third kappa shape index (κ3) is 3.86. The SMILES string of the molecule is CC(=O)OCC1=C(C(=O)O)N2C(=O)[C@H](NC(=O)c3cc(C(F)(F)F)n(C)n3)[C@H]2SC1. The van der Waals surface area contributed by atoms with Crippen molar-refractivity contribution in [3.8, 4) is 0 Å². The third-order valence-corrected chi connectivity index (χ3v) is 5.73. The first kappa shape index (κ1) is 21.7. The highest BCUT2D eigenvalue weighted by atomic mass is 32.2. The van der Waals surface area contributed by atoms with Crippen LogP contribution in [0, 0.1) is 0 Å². The molecule has 0 saturated carbocycles. The van der Waals surface area contributed by atoms with Crippen LogP contribution in [0.25, 0.3) is 0 Å². The predicted octanol–water partition coefficient (Wildman–Crippen LogP) is 0.354. The maximum absolute atomic E-state index is 12.9. The number of aromatic nitrogens is 2. The molecule has 0 radical (unpaired) electrons. The molecule has 1 saturated heterocycles. The van der Waals surface area contributed by atoms with Crippen molar-refractivity contribution < 1.29 is 42.2 Å². The average molecular weight is 448 g/mol. The Balaban J connectivity index is 1.76. The Morgan fingerprint density at radius 1 is 1.40 bits per heavy atom. The molecule has 2 aliphatic heterocycles. The number of carboxylic acid groups (broad SMARTS) is 1. The number of carboxylic acids is 1. The molecule has 1 aromatic heterocycles. The van der Waals surface area contributed by atoms with Crippen LogP contribution in [0.4, 0.5) is 13.2 Å². The van der Waals surface area contributed by atoms with Gasteiger partial charge in [-0.3, -0.25) is 24.0 Å². The van der Waals surface area contributed by atoms with E-state index in [1.165, 1.54) is 0 Å². The fraction of sp³-hybridized carbons (Fsp3) is 0.438. The van der Waals surface area contributed by atoms with Gasteiger partial charge in [-0.25, -0.2) is 4.79 Å². The van der Waals surface area contributed by atoms with Crippen molar-refractivity contribution in [1.82, 2.24) is 20.0 Å².